The average Bonchev–Trinajstić information content (AvgIpc) is 2.72. The Morgan fingerprint density at radius 3 is 3.00 bits per heavy atom. The van der Waals surface area contributed by atoms with E-state index in [9.17, 15) is 4.79 Å². The van der Waals surface area contributed by atoms with Gasteiger partial charge in [0, 0.05) is 23.1 Å². The normalized spacial score (nSPS) is 12.6. The fourth-order valence-corrected chi connectivity index (χ4v) is 1.95. The Morgan fingerprint density at radius 2 is 2.24 bits per heavy atom. The molecule has 0 bridgehead atoms. The molecule has 1 aromatic carbocycles. The Balaban J connectivity index is 2.10. The third-order valence-corrected chi connectivity index (χ3v) is 2.81. The van der Waals surface area contributed by atoms with Crippen molar-refractivity contribution in [1.82, 2.24) is 4.98 Å². The molecule has 1 unspecified atom stereocenters. The number of aromatic nitrogens is 1. The van der Waals surface area contributed by atoms with E-state index in [0.29, 0.717) is 6.42 Å². The van der Waals surface area contributed by atoms with Crippen LogP contribution in [0, 0.1) is 0 Å². The summed E-state index contributed by atoms with van der Waals surface area (Å²) in [5.41, 5.74) is 8.14. The molecule has 0 saturated heterocycles. The highest BCUT2D eigenvalue weighted by Crippen LogP contribution is 2.19. The molecule has 2 aromatic rings. The van der Waals surface area contributed by atoms with Gasteiger partial charge < -0.3 is 15.5 Å². The molecular formula is C13H16N2O2. The van der Waals surface area contributed by atoms with Crippen LogP contribution in [-0.2, 0) is 16.0 Å². The molecule has 0 saturated carbocycles. The van der Waals surface area contributed by atoms with Crippen LogP contribution in [0.15, 0.2) is 30.5 Å². The van der Waals surface area contributed by atoms with E-state index in [0.717, 1.165) is 16.5 Å². The van der Waals surface area contributed by atoms with E-state index in [1.54, 1.807) is 0 Å². The van der Waals surface area contributed by atoms with E-state index in [4.69, 9.17) is 5.73 Å². The van der Waals surface area contributed by atoms with Crippen LogP contribution >= 0.6 is 0 Å². The van der Waals surface area contributed by atoms with Crippen molar-refractivity contribution in [3.05, 3.63) is 36.0 Å². The molecule has 0 aliphatic heterocycles. The van der Waals surface area contributed by atoms with Gasteiger partial charge in [0.2, 0.25) is 0 Å². The van der Waals surface area contributed by atoms with Crippen molar-refractivity contribution >= 4 is 16.9 Å². The summed E-state index contributed by atoms with van der Waals surface area (Å²) in [5.74, 6) is -0.266. The summed E-state index contributed by atoms with van der Waals surface area (Å²) in [4.78, 5) is 14.3. The third kappa shape index (κ3) is 2.65. The number of methoxy groups -OCH3 is 1. The molecule has 0 amide bonds. The van der Waals surface area contributed by atoms with Gasteiger partial charge in [0.15, 0.2) is 0 Å². The van der Waals surface area contributed by atoms with Crippen LogP contribution in [0.5, 0.6) is 0 Å². The zero-order valence-electron chi connectivity index (χ0n) is 9.77. The van der Waals surface area contributed by atoms with Crippen molar-refractivity contribution in [3.63, 3.8) is 0 Å². The first kappa shape index (κ1) is 11.7. The summed E-state index contributed by atoms with van der Waals surface area (Å²) in [6.45, 7) is 0. The Hall–Kier alpha value is -1.81. The van der Waals surface area contributed by atoms with Gasteiger partial charge in [0.1, 0.15) is 0 Å². The highest BCUT2D eigenvalue weighted by molar-refractivity contribution is 5.83. The largest absolute Gasteiger partial charge is 0.469 e. The zero-order valence-corrected chi connectivity index (χ0v) is 9.77. The zero-order chi connectivity index (χ0) is 12.3. The molecule has 90 valence electrons. The van der Waals surface area contributed by atoms with Crippen LogP contribution in [0.4, 0.5) is 0 Å². The second kappa shape index (κ2) is 5.01. The van der Waals surface area contributed by atoms with E-state index < -0.39 is 0 Å². The number of para-hydroxylation sites is 1. The summed E-state index contributed by atoms with van der Waals surface area (Å²) >= 11 is 0. The van der Waals surface area contributed by atoms with Crippen LogP contribution in [0.3, 0.4) is 0 Å². The van der Waals surface area contributed by atoms with Crippen molar-refractivity contribution in [3.8, 4) is 0 Å². The number of carbonyl (C=O) groups excluding carboxylic acids is 1. The second-order valence-electron chi connectivity index (χ2n) is 4.10. The summed E-state index contributed by atoms with van der Waals surface area (Å²) in [6, 6.07) is 7.83. The minimum atomic E-state index is -0.266. The lowest BCUT2D eigenvalue weighted by Gasteiger charge is -2.09. The molecule has 17 heavy (non-hydrogen) atoms. The Bertz CT molecular complexity index is 519. The van der Waals surface area contributed by atoms with Crippen molar-refractivity contribution in [2.45, 2.75) is 18.9 Å². The van der Waals surface area contributed by atoms with E-state index in [2.05, 4.69) is 9.72 Å². The highest BCUT2D eigenvalue weighted by atomic mass is 16.5. The fraction of sp³-hybridized carbons (Fsp3) is 0.308. The summed E-state index contributed by atoms with van der Waals surface area (Å²) in [5, 5.41) is 1.16. The molecule has 2 rings (SSSR count). The molecule has 0 spiro atoms. The minimum Gasteiger partial charge on any atom is -0.469 e. The Kier molecular flexibility index (Phi) is 3.44. The monoisotopic (exact) mass is 232 g/mol. The second-order valence-corrected chi connectivity index (χ2v) is 4.10. The average molecular weight is 232 g/mol. The van der Waals surface area contributed by atoms with Gasteiger partial charge in [-0.05, 0) is 18.1 Å². The number of benzene rings is 1. The minimum absolute atomic E-state index is 0.207. The van der Waals surface area contributed by atoms with Crippen LogP contribution < -0.4 is 5.73 Å². The van der Waals surface area contributed by atoms with Crippen LogP contribution in [-0.4, -0.2) is 24.1 Å². The van der Waals surface area contributed by atoms with Crippen molar-refractivity contribution in [2.24, 2.45) is 5.73 Å². The maximum atomic E-state index is 11.1. The van der Waals surface area contributed by atoms with Gasteiger partial charge in [-0.15, -0.1) is 0 Å². The summed E-state index contributed by atoms with van der Waals surface area (Å²) in [6.07, 6.45) is 2.86. The van der Waals surface area contributed by atoms with Gasteiger partial charge in [0.25, 0.3) is 0 Å². The lowest BCUT2D eigenvalue weighted by molar-refractivity contribution is -0.140. The molecule has 4 nitrogen and oxygen atoms in total. The van der Waals surface area contributed by atoms with Gasteiger partial charge in [-0.1, -0.05) is 18.2 Å². The molecule has 4 heteroatoms. The third-order valence-electron chi connectivity index (χ3n) is 2.81. The first-order valence-corrected chi connectivity index (χ1v) is 5.58. The van der Waals surface area contributed by atoms with Crippen LogP contribution in [0.1, 0.15) is 12.0 Å². The Labute approximate surface area is 99.8 Å². The number of ether oxygens (including phenoxy) is 1. The first-order chi connectivity index (χ1) is 8.20. The lowest BCUT2D eigenvalue weighted by Crippen LogP contribution is -2.26. The van der Waals surface area contributed by atoms with Crippen LogP contribution in [0.2, 0.25) is 0 Å². The predicted molar refractivity (Wildman–Crippen MR) is 66.6 cm³/mol. The SMILES string of the molecule is COC(=O)CC(N)Cc1c[nH]c2ccccc12. The van der Waals surface area contributed by atoms with Gasteiger partial charge in [-0.3, -0.25) is 4.79 Å². The number of carbonyl (C=O) groups is 1. The predicted octanol–water partition coefficient (Wildman–Crippen LogP) is 1.60. The van der Waals surface area contributed by atoms with Gasteiger partial charge in [-0.25, -0.2) is 0 Å². The molecule has 1 atom stereocenters. The standard InChI is InChI=1S/C13H16N2O2/c1-17-13(16)7-10(14)6-9-8-15-12-5-3-2-4-11(9)12/h2-5,8,10,15H,6-7,14H2,1H3. The number of nitrogens with one attached hydrogen (secondary N) is 1. The molecule has 3 N–H and O–H groups in total. The maximum Gasteiger partial charge on any atom is 0.307 e. The van der Waals surface area contributed by atoms with Crippen molar-refractivity contribution < 1.29 is 9.53 Å². The smallest absolute Gasteiger partial charge is 0.307 e. The molecule has 0 fully saturated rings. The number of esters is 1. The maximum absolute atomic E-state index is 11.1. The van der Waals surface area contributed by atoms with E-state index in [-0.39, 0.29) is 18.4 Å². The fourth-order valence-electron chi connectivity index (χ4n) is 1.95. The number of fused-ring (bicyclic) bond motifs is 1. The summed E-state index contributed by atoms with van der Waals surface area (Å²) in [7, 11) is 1.38. The lowest BCUT2D eigenvalue weighted by atomic mass is 10.0. The van der Waals surface area contributed by atoms with Crippen molar-refractivity contribution in [2.75, 3.05) is 7.11 Å². The number of hydrogen-bond acceptors (Lipinski definition) is 3. The van der Waals surface area contributed by atoms with E-state index in [1.807, 2.05) is 30.5 Å². The number of rotatable bonds is 4. The molecule has 0 aliphatic rings. The number of H-pyrrole nitrogens is 1. The van der Waals surface area contributed by atoms with Gasteiger partial charge in [-0.2, -0.15) is 0 Å². The number of aromatic amines is 1. The number of nitrogens with two attached hydrogens (primary N) is 1. The molecular weight excluding hydrogens is 216 g/mol. The van der Waals surface area contributed by atoms with Gasteiger partial charge >= 0.3 is 5.97 Å². The Morgan fingerprint density at radius 1 is 1.47 bits per heavy atom. The van der Waals surface area contributed by atoms with E-state index in [1.165, 1.54) is 7.11 Å². The molecule has 0 aliphatic carbocycles. The topological polar surface area (TPSA) is 68.1 Å². The van der Waals surface area contributed by atoms with Gasteiger partial charge in [0.05, 0.1) is 13.5 Å². The molecule has 1 aromatic heterocycles. The highest BCUT2D eigenvalue weighted by Gasteiger charge is 2.12. The first-order valence-electron chi connectivity index (χ1n) is 5.58. The van der Waals surface area contributed by atoms with E-state index >= 15 is 0 Å². The van der Waals surface area contributed by atoms with Crippen molar-refractivity contribution in [1.29, 1.82) is 0 Å². The molecule has 0 radical (unpaired) electrons. The quantitative estimate of drug-likeness (QED) is 0.787. The number of hydrogen-bond donors (Lipinski definition) is 2. The van der Waals surface area contributed by atoms with Crippen LogP contribution in [0.25, 0.3) is 10.9 Å². The molecule has 1 heterocycles. The summed E-state index contributed by atoms with van der Waals surface area (Å²) < 4.78 is 4.60.